The molecule has 1 N–H and O–H groups in total. The molecule has 1 aromatic carbocycles. The van der Waals surface area contributed by atoms with E-state index in [2.05, 4.69) is 10.2 Å². The third-order valence-corrected chi connectivity index (χ3v) is 5.47. The Hall–Kier alpha value is -1.48. The molecule has 0 atom stereocenters. The highest BCUT2D eigenvalue weighted by atomic mass is 32.2. The van der Waals surface area contributed by atoms with Crippen LogP contribution in [0.4, 0.5) is 0 Å². The molecule has 0 saturated carbocycles. The molecule has 1 aromatic rings. The van der Waals surface area contributed by atoms with Gasteiger partial charge in [0.2, 0.25) is 10.0 Å². The summed E-state index contributed by atoms with van der Waals surface area (Å²) in [5.41, 5.74) is 1.59. The first kappa shape index (κ1) is 19.8. The van der Waals surface area contributed by atoms with Crippen LogP contribution in [0.1, 0.15) is 15.9 Å². The second-order valence-electron chi connectivity index (χ2n) is 6.24. The summed E-state index contributed by atoms with van der Waals surface area (Å²) in [6, 6.07) is 7.31. The van der Waals surface area contributed by atoms with Gasteiger partial charge in [0, 0.05) is 44.8 Å². The number of aryl methyl sites for hydroxylation is 1. The Kier molecular flexibility index (Phi) is 7.37. The van der Waals surface area contributed by atoms with Crippen molar-refractivity contribution in [2.75, 3.05) is 58.7 Å². The van der Waals surface area contributed by atoms with Crippen molar-refractivity contribution in [3.63, 3.8) is 0 Å². The van der Waals surface area contributed by atoms with Crippen LogP contribution in [-0.4, -0.2) is 82.3 Å². The predicted octanol–water partition coefficient (Wildman–Crippen LogP) is 0.319. The molecule has 0 spiro atoms. The highest BCUT2D eigenvalue weighted by Crippen LogP contribution is 2.04. The molecule has 1 aliphatic heterocycles. The number of morpholine rings is 1. The van der Waals surface area contributed by atoms with Crippen molar-refractivity contribution in [1.82, 2.24) is 14.5 Å². The van der Waals surface area contributed by atoms with Crippen LogP contribution in [0.15, 0.2) is 24.3 Å². The molecule has 7 nitrogen and oxygen atoms in total. The number of sulfonamides is 1. The van der Waals surface area contributed by atoms with Crippen molar-refractivity contribution in [3.8, 4) is 0 Å². The van der Waals surface area contributed by atoms with E-state index in [1.54, 1.807) is 6.07 Å². The van der Waals surface area contributed by atoms with E-state index in [0.29, 0.717) is 31.9 Å². The van der Waals surface area contributed by atoms with E-state index in [1.807, 2.05) is 25.1 Å². The standard InChI is InChI=1S/C17H27N3O4S/c1-15-4-3-5-16(14-15)17(21)18-6-7-20(25(2,22)23)9-8-19-10-12-24-13-11-19/h3-5,14H,6-13H2,1-2H3,(H,18,21). The first-order chi connectivity index (χ1) is 11.9. The lowest BCUT2D eigenvalue weighted by atomic mass is 10.1. The van der Waals surface area contributed by atoms with Gasteiger partial charge in [-0.3, -0.25) is 9.69 Å². The second kappa shape index (κ2) is 9.28. The Balaban J connectivity index is 1.82. The van der Waals surface area contributed by atoms with Crippen LogP contribution >= 0.6 is 0 Å². The summed E-state index contributed by atoms with van der Waals surface area (Å²) in [5, 5.41) is 2.79. The van der Waals surface area contributed by atoms with E-state index in [0.717, 1.165) is 18.7 Å². The molecule has 2 rings (SSSR count). The van der Waals surface area contributed by atoms with E-state index < -0.39 is 10.0 Å². The minimum atomic E-state index is -3.31. The maximum absolute atomic E-state index is 12.1. The highest BCUT2D eigenvalue weighted by molar-refractivity contribution is 7.88. The molecule has 0 aliphatic carbocycles. The normalized spacial score (nSPS) is 16.1. The van der Waals surface area contributed by atoms with Crippen molar-refractivity contribution in [2.24, 2.45) is 0 Å². The third kappa shape index (κ3) is 6.74. The quantitative estimate of drug-likeness (QED) is 0.714. The molecule has 0 radical (unpaired) electrons. The number of benzene rings is 1. The minimum Gasteiger partial charge on any atom is -0.379 e. The molecular formula is C17H27N3O4S. The number of hydrogen-bond acceptors (Lipinski definition) is 5. The fourth-order valence-electron chi connectivity index (χ4n) is 2.70. The topological polar surface area (TPSA) is 79.0 Å². The SMILES string of the molecule is Cc1cccc(C(=O)NCCN(CCN2CCOCC2)S(C)(=O)=O)c1. The number of nitrogens with zero attached hydrogens (tertiary/aromatic N) is 2. The number of amides is 1. The molecule has 1 aliphatic rings. The van der Waals surface area contributed by atoms with E-state index in [4.69, 9.17) is 4.74 Å². The van der Waals surface area contributed by atoms with Gasteiger partial charge in [-0.2, -0.15) is 4.31 Å². The summed E-state index contributed by atoms with van der Waals surface area (Å²) in [6.07, 6.45) is 1.20. The molecule has 1 amide bonds. The monoisotopic (exact) mass is 369 g/mol. The van der Waals surface area contributed by atoms with Gasteiger partial charge in [-0.1, -0.05) is 17.7 Å². The molecule has 1 saturated heterocycles. The van der Waals surface area contributed by atoms with Gasteiger partial charge < -0.3 is 10.1 Å². The van der Waals surface area contributed by atoms with Gasteiger partial charge >= 0.3 is 0 Å². The van der Waals surface area contributed by atoms with E-state index in [9.17, 15) is 13.2 Å². The molecule has 0 bridgehead atoms. The van der Waals surface area contributed by atoms with Crippen LogP contribution in [0.2, 0.25) is 0 Å². The smallest absolute Gasteiger partial charge is 0.251 e. The summed E-state index contributed by atoms with van der Waals surface area (Å²) in [4.78, 5) is 14.3. The third-order valence-electron chi connectivity index (χ3n) is 4.17. The fourth-order valence-corrected chi connectivity index (χ4v) is 3.54. The Morgan fingerprint density at radius 3 is 2.64 bits per heavy atom. The van der Waals surface area contributed by atoms with Crippen LogP contribution in [0.25, 0.3) is 0 Å². The Morgan fingerprint density at radius 1 is 1.28 bits per heavy atom. The van der Waals surface area contributed by atoms with Crippen LogP contribution in [0.5, 0.6) is 0 Å². The van der Waals surface area contributed by atoms with Crippen LogP contribution in [0.3, 0.4) is 0 Å². The van der Waals surface area contributed by atoms with Gasteiger partial charge in [-0.25, -0.2) is 8.42 Å². The maximum atomic E-state index is 12.1. The molecule has 1 fully saturated rings. The number of carbonyl (C=O) groups excluding carboxylic acids is 1. The molecule has 0 aromatic heterocycles. The lowest BCUT2D eigenvalue weighted by Crippen LogP contribution is -2.44. The number of hydrogen-bond donors (Lipinski definition) is 1. The average molecular weight is 369 g/mol. The Labute approximate surface area is 150 Å². The molecular weight excluding hydrogens is 342 g/mol. The lowest BCUT2D eigenvalue weighted by molar-refractivity contribution is 0.0363. The van der Waals surface area contributed by atoms with Crippen LogP contribution in [0, 0.1) is 6.92 Å². The van der Waals surface area contributed by atoms with Crippen LogP contribution in [-0.2, 0) is 14.8 Å². The van der Waals surface area contributed by atoms with Crippen LogP contribution < -0.4 is 5.32 Å². The lowest BCUT2D eigenvalue weighted by Gasteiger charge is -2.29. The summed E-state index contributed by atoms with van der Waals surface area (Å²) in [5.74, 6) is -0.190. The number of ether oxygens (including phenoxy) is 1. The zero-order valence-corrected chi connectivity index (χ0v) is 15.7. The zero-order valence-electron chi connectivity index (χ0n) is 14.9. The second-order valence-corrected chi connectivity index (χ2v) is 8.22. The van der Waals surface area contributed by atoms with Crippen molar-refractivity contribution in [1.29, 1.82) is 0 Å². The van der Waals surface area contributed by atoms with Gasteiger partial charge in [-0.05, 0) is 19.1 Å². The van der Waals surface area contributed by atoms with Gasteiger partial charge in [0.15, 0.2) is 0 Å². The number of carbonyl (C=O) groups is 1. The van der Waals surface area contributed by atoms with E-state index in [1.165, 1.54) is 10.6 Å². The molecule has 8 heteroatoms. The van der Waals surface area contributed by atoms with Crippen molar-refractivity contribution in [2.45, 2.75) is 6.92 Å². The highest BCUT2D eigenvalue weighted by Gasteiger charge is 2.19. The summed E-state index contributed by atoms with van der Waals surface area (Å²) in [6.45, 7) is 6.57. The van der Waals surface area contributed by atoms with E-state index >= 15 is 0 Å². The summed E-state index contributed by atoms with van der Waals surface area (Å²) in [7, 11) is -3.31. The fraction of sp³-hybridized carbons (Fsp3) is 0.588. The van der Waals surface area contributed by atoms with Crippen molar-refractivity contribution in [3.05, 3.63) is 35.4 Å². The number of rotatable bonds is 8. The first-order valence-electron chi connectivity index (χ1n) is 8.46. The van der Waals surface area contributed by atoms with Crippen molar-refractivity contribution < 1.29 is 17.9 Å². The average Bonchev–Trinajstić information content (AvgIpc) is 2.57. The van der Waals surface area contributed by atoms with Gasteiger partial charge in [0.05, 0.1) is 19.5 Å². The summed E-state index contributed by atoms with van der Waals surface area (Å²) < 4.78 is 30.6. The van der Waals surface area contributed by atoms with Gasteiger partial charge in [-0.15, -0.1) is 0 Å². The first-order valence-corrected chi connectivity index (χ1v) is 10.3. The molecule has 0 unspecified atom stereocenters. The van der Waals surface area contributed by atoms with Crippen molar-refractivity contribution >= 4 is 15.9 Å². The Morgan fingerprint density at radius 2 is 2.00 bits per heavy atom. The van der Waals surface area contributed by atoms with Gasteiger partial charge in [0.1, 0.15) is 0 Å². The molecule has 140 valence electrons. The largest absolute Gasteiger partial charge is 0.379 e. The summed E-state index contributed by atoms with van der Waals surface area (Å²) >= 11 is 0. The molecule has 25 heavy (non-hydrogen) atoms. The number of nitrogens with one attached hydrogen (secondary N) is 1. The Bertz CT molecular complexity index is 672. The van der Waals surface area contributed by atoms with E-state index in [-0.39, 0.29) is 19.0 Å². The zero-order chi connectivity index (χ0) is 18.3. The van der Waals surface area contributed by atoms with Gasteiger partial charge in [0.25, 0.3) is 5.91 Å². The maximum Gasteiger partial charge on any atom is 0.251 e. The molecule has 1 heterocycles. The minimum absolute atomic E-state index is 0.190. The predicted molar refractivity (Wildman–Crippen MR) is 97.2 cm³/mol.